The monoisotopic (exact) mass is 1240 g/mol. The number of halogens is 4. The molecule has 2 aromatic rings. The summed E-state index contributed by atoms with van der Waals surface area (Å²) >= 11 is 8.94. The lowest BCUT2D eigenvalue weighted by Crippen LogP contribution is -2.43. The second-order valence-electron chi connectivity index (χ2n) is 12.3. The minimum Gasteiger partial charge on any atom is -0.491 e. The molecule has 0 amide bonds. The number of hydrazine groups is 2. The van der Waals surface area contributed by atoms with Gasteiger partial charge in [-0.1, -0.05) is 12.1 Å². The average Bonchev–Trinajstić information content (AvgIpc) is 3.62. The molecule has 0 bridgehead atoms. The third kappa shape index (κ3) is 19.0. The minimum atomic E-state index is -1.05. The van der Waals surface area contributed by atoms with Crippen LogP contribution in [0.4, 0.5) is 0 Å². The van der Waals surface area contributed by atoms with E-state index >= 15 is 0 Å². The van der Waals surface area contributed by atoms with E-state index in [0.717, 1.165) is 31.3 Å². The first-order valence-electron chi connectivity index (χ1n) is 17.9. The molecule has 7 N–H and O–H groups in total. The molecule has 1 aliphatic carbocycles. The Kier molecular flexibility index (Phi) is 22.2. The Balaban J connectivity index is 0.975. The van der Waals surface area contributed by atoms with Gasteiger partial charge in [-0.05, 0) is 135 Å². The van der Waals surface area contributed by atoms with E-state index in [4.69, 9.17) is 49.0 Å². The van der Waals surface area contributed by atoms with Gasteiger partial charge in [0.25, 0.3) is 0 Å². The number of carboxylic acid groups (broad SMARTS) is 1. The first kappa shape index (κ1) is 47.9. The first-order chi connectivity index (χ1) is 27.5. The van der Waals surface area contributed by atoms with Crippen LogP contribution >= 0.6 is 90.4 Å². The molecule has 0 aromatic heterocycles. The number of nitrogens with two attached hydrogens (primary N) is 1. The lowest BCUT2D eigenvalue weighted by atomic mass is 10.1. The number of nitrogens with zero attached hydrogens (tertiary/aromatic N) is 1. The van der Waals surface area contributed by atoms with Gasteiger partial charge in [0, 0.05) is 28.8 Å². The maximum absolute atomic E-state index is 11.3. The molecule has 0 radical (unpaired) electrons. The molecule has 0 fully saturated rings. The van der Waals surface area contributed by atoms with Crippen LogP contribution in [0, 0.1) is 12.5 Å². The van der Waals surface area contributed by atoms with Gasteiger partial charge in [-0.25, -0.2) is 0 Å². The third-order valence-corrected chi connectivity index (χ3v) is 10.7. The molecular weight excluding hydrogens is 1200 g/mol. The number of nitrogens with one attached hydrogen (secondary N) is 4. The Labute approximate surface area is 387 Å². The second kappa shape index (κ2) is 26.5. The van der Waals surface area contributed by atoms with Gasteiger partial charge >= 0.3 is 5.97 Å². The van der Waals surface area contributed by atoms with E-state index in [2.05, 4.69) is 113 Å². The molecule has 4 rings (SSSR count). The lowest BCUT2D eigenvalue weighted by Gasteiger charge is -2.35. The number of guanidine groups is 1. The molecule has 57 heavy (non-hydrogen) atoms. The summed E-state index contributed by atoms with van der Waals surface area (Å²) in [6, 6.07) is 11.3. The van der Waals surface area contributed by atoms with E-state index in [9.17, 15) is 9.90 Å². The van der Waals surface area contributed by atoms with Crippen LogP contribution in [0.25, 0.3) is 0 Å². The molecule has 1 atom stereocenters. The summed E-state index contributed by atoms with van der Waals surface area (Å²) in [5.74, 6) is -0.576. The van der Waals surface area contributed by atoms with Gasteiger partial charge in [0.15, 0.2) is 5.96 Å². The van der Waals surface area contributed by atoms with E-state index < -0.39 is 11.8 Å². The Hall–Kier alpha value is -1.76. The van der Waals surface area contributed by atoms with Gasteiger partial charge < -0.3 is 64.9 Å². The fourth-order valence-corrected chi connectivity index (χ4v) is 9.56. The number of benzene rings is 2. The van der Waals surface area contributed by atoms with E-state index in [-0.39, 0.29) is 19.0 Å². The highest BCUT2D eigenvalue weighted by Crippen LogP contribution is 2.40. The van der Waals surface area contributed by atoms with Crippen LogP contribution in [0.3, 0.4) is 0 Å². The van der Waals surface area contributed by atoms with E-state index in [1.54, 1.807) is 0 Å². The zero-order valence-electron chi connectivity index (χ0n) is 31.2. The van der Waals surface area contributed by atoms with Crippen molar-refractivity contribution in [1.82, 2.24) is 21.3 Å². The van der Waals surface area contributed by atoms with Gasteiger partial charge in [-0.15, -0.1) is 5.12 Å². The summed E-state index contributed by atoms with van der Waals surface area (Å²) in [6.45, 7) is 6.47. The van der Waals surface area contributed by atoms with Crippen molar-refractivity contribution in [1.29, 1.82) is 5.41 Å². The maximum Gasteiger partial charge on any atom is 0.307 e. The zero-order chi connectivity index (χ0) is 40.9. The topological polar surface area (TPSA) is 200 Å². The van der Waals surface area contributed by atoms with Crippen molar-refractivity contribution < 1.29 is 47.8 Å². The Bertz CT molecular complexity index is 1660. The summed E-state index contributed by atoms with van der Waals surface area (Å²) in [5, 5.41) is 21.0. The number of carbonyl (C=O) groups is 1. The number of hydrogen-bond donors (Lipinski definition) is 6. The number of carboxylic acids is 1. The van der Waals surface area contributed by atoms with E-state index in [0.29, 0.717) is 103 Å². The van der Waals surface area contributed by atoms with Gasteiger partial charge in [0.05, 0.1) is 98.5 Å². The Morgan fingerprint density at radius 2 is 1.44 bits per heavy atom. The average molecular weight is 1240 g/mol. The maximum atomic E-state index is 11.3. The second-order valence-corrected chi connectivity index (χ2v) is 17.3. The van der Waals surface area contributed by atoms with Gasteiger partial charge in [-0.2, -0.15) is 0 Å². The molecule has 1 heterocycles. The molecule has 1 unspecified atom stereocenters. The molecule has 2 aromatic carbocycles. The molecule has 0 saturated heterocycles. The zero-order valence-corrected chi connectivity index (χ0v) is 39.8. The molecule has 20 heteroatoms. The number of aliphatic carboxylic acids is 1. The quantitative estimate of drug-likeness (QED) is 0.0219. The van der Waals surface area contributed by atoms with Gasteiger partial charge in [-0.3, -0.25) is 10.2 Å². The molecule has 0 saturated carbocycles. The van der Waals surface area contributed by atoms with Crippen molar-refractivity contribution in [2.75, 3.05) is 85.8 Å². The minimum absolute atomic E-state index is 0.0535. The predicted octanol–water partition coefficient (Wildman–Crippen LogP) is 4.97. The van der Waals surface area contributed by atoms with Crippen LogP contribution in [0.2, 0.25) is 0 Å². The number of hydrogen-bond acceptors (Lipinski definition) is 13. The van der Waals surface area contributed by atoms with Gasteiger partial charge in [0.2, 0.25) is 5.79 Å². The van der Waals surface area contributed by atoms with Crippen LogP contribution in [0.15, 0.2) is 67.6 Å². The van der Waals surface area contributed by atoms with Crippen LogP contribution in [0.1, 0.15) is 17.5 Å². The fourth-order valence-electron chi connectivity index (χ4n) is 5.13. The normalized spacial score (nSPS) is 16.6. The summed E-state index contributed by atoms with van der Waals surface area (Å²) in [4.78, 5) is 11.3. The number of ether oxygens (including phenoxy) is 8. The van der Waals surface area contributed by atoms with Crippen molar-refractivity contribution in [2.45, 2.75) is 25.2 Å². The largest absolute Gasteiger partial charge is 0.491 e. The summed E-state index contributed by atoms with van der Waals surface area (Å²) < 4.78 is 50.5. The number of allylic oxidation sites excluding steroid dienone is 2. The molecule has 16 nitrogen and oxygen atoms in total. The third-order valence-electron chi connectivity index (χ3n) is 7.75. The van der Waals surface area contributed by atoms with Crippen molar-refractivity contribution in [3.63, 3.8) is 0 Å². The van der Waals surface area contributed by atoms with Crippen molar-refractivity contribution in [3.8, 4) is 11.5 Å². The molecule has 2 aliphatic rings. The lowest BCUT2D eigenvalue weighted by molar-refractivity contribution is -0.140. The number of rotatable bonds is 28. The summed E-state index contributed by atoms with van der Waals surface area (Å²) in [6.07, 6.45) is 6.39. The van der Waals surface area contributed by atoms with Crippen molar-refractivity contribution >= 4 is 102 Å². The SMILES string of the molecule is N=C(N)NCc1ccc(OCCOCCOCCOCCOCCOCCN2NC=C(COC3(Oc4c(I)cc(CC(=O)O)cc4I)C=C(I)C=C(I)C3)N2)cc1. The standard InChI is InChI=1S/C37H48I4N6O10/c38-28-20-29(39)22-37(21-28,57-35-32(40)17-27(18-33(35)41)19-34(48)49)56-25-30-24-45-47(46-30)5-6-50-7-8-51-9-10-52-11-12-53-13-14-54-15-16-55-31-3-1-26(2-4-31)23-44-36(42)43/h1-4,17-18,20-21,24,45-46H,5-16,19,22-23,25H2,(H,48,49)(H4,42,43,44). The van der Waals surface area contributed by atoms with Gasteiger partial charge in [0.1, 0.15) is 18.1 Å². The van der Waals surface area contributed by atoms with Crippen LogP contribution < -0.4 is 31.4 Å². The van der Waals surface area contributed by atoms with E-state index in [1.807, 2.05) is 53.8 Å². The van der Waals surface area contributed by atoms with Crippen molar-refractivity contribution in [2.24, 2.45) is 5.73 Å². The molecular formula is C37H48I4N6O10. The van der Waals surface area contributed by atoms with Crippen LogP contribution in [-0.4, -0.2) is 114 Å². The van der Waals surface area contributed by atoms with Crippen LogP contribution in [-0.2, 0) is 46.2 Å². The summed E-state index contributed by atoms with van der Waals surface area (Å²) in [7, 11) is 0. The summed E-state index contributed by atoms with van der Waals surface area (Å²) in [5.41, 5.74) is 14.3. The smallest absolute Gasteiger partial charge is 0.307 e. The predicted molar refractivity (Wildman–Crippen MR) is 247 cm³/mol. The highest BCUT2D eigenvalue weighted by molar-refractivity contribution is 14.1. The molecule has 1 aliphatic heterocycles. The van der Waals surface area contributed by atoms with E-state index in [1.165, 1.54) is 0 Å². The Morgan fingerprint density at radius 1 is 0.860 bits per heavy atom. The Morgan fingerprint density at radius 3 is 2.00 bits per heavy atom. The molecule has 0 spiro atoms. The van der Waals surface area contributed by atoms with Crippen molar-refractivity contribution in [3.05, 3.63) is 85.9 Å². The highest BCUT2D eigenvalue weighted by Gasteiger charge is 2.37. The highest BCUT2D eigenvalue weighted by atomic mass is 127. The molecule has 314 valence electrons. The first-order valence-corrected chi connectivity index (χ1v) is 22.3. The van der Waals surface area contributed by atoms with Crippen LogP contribution in [0.5, 0.6) is 11.5 Å². The fraction of sp³-hybridized carbons (Fsp3) is 0.459.